The third-order valence-electron chi connectivity index (χ3n) is 5.70. The van der Waals surface area contributed by atoms with Gasteiger partial charge in [0.1, 0.15) is 6.54 Å². The Hall–Kier alpha value is -1.83. The molecule has 26 heavy (non-hydrogen) atoms. The number of amides is 1. The van der Waals surface area contributed by atoms with Gasteiger partial charge in [-0.2, -0.15) is 0 Å². The molecule has 0 bridgehead atoms. The molecule has 5 rings (SSSR count). The van der Waals surface area contributed by atoms with Crippen LogP contribution in [0.25, 0.3) is 10.8 Å². The van der Waals surface area contributed by atoms with Gasteiger partial charge in [0.2, 0.25) is 5.91 Å². The van der Waals surface area contributed by atoms with Crippen LogP contribution in [0.2, 0.25) is 0 Å². The summed E-state index contributed by atoms with van der Waals surface area (Å²) in [5, 5.41) is 4.96. The van der Waals surface area contributed by atoms with Gasteiger partial charge in [0.15, 0.2) is 0 Å². The van der Waals surface area contributed by atoms with Gasteiger partial charge in [-0.25, -0.2) is 8.42 Å². The highest BCUT2D eigenvalue weighted by molar-refractivity contribution is 7.93. The number of likely N-dealkylation sites (tertiary alicyclic amines) is 1. The van der Waals surface area contributed by atoms with Crippen molar-refractivity contribution in [3.8, 4) is 0 Å². The Bertz CT molecular complexity index is 977. The van der Waals surface area contributed by atoms with Crippen LogP contribution < -0.4 is 9.62 Å². The van der Waals surface area contributed by atoms with Crippen molar-refractivity contribution in [2.45, 2.75) is 4.90 Å². The van der Waals surface area contributed by atoms with Gasteiger partial charge in [0.25, 0.3) is 10.0 Å². The molecule has 2 atom stereocenters. The van der Waals surface area contributed by atoms with E-state index in [1.165, 1.54) is 4.31 Å². The highest BCUT2D eigenvalue weighted by Gasteiger charge is 2.41. The molecule has 2 aromatic rings. The second-order valence-corrected chi connectivity index (χ2v) is 8.95. The van der Waals surface area contributed by atoms with Crippen LogP contribution in [0, 0.1) is 11.8 Å². The molecule has 138 valence electrons. The molecule has 8 heteroatoms. The molecular weight excluding hydrogens is 374 g/mol. The molecule has 6 nitrogen and oxygen atoms in total. The molecule has 0 unspecified atom stereocenters. The highest BCUT2D eigenvalue weighted by atomic mass is 35.5. The average molecular weight is 394 g/mol. The van der Waals surface area contributed by atoms with E-state index in [1.54, 1.807) is 18.2 Å². The van der Waals surface area contributed by atoms with E-state index in [4.69, 9.17) is 0 Å². The minimum Gasteiger partial charge on any atom is -0.340 e. The van der Waals surface area contributed by atoms with E-state index in [0.29, 0.717) is 22.4 Å². The first-order valence-electron chi connectivity index (χ1n) is 8.59. The summed E-state index contributed by atoms with van der Waals surface area (Å²) in [6.07, 6.45) is 0. The number of benzene rings is 2. The molecule has 1 N–H and O–H groups in total. The molecule has 2 fully saturated rings. The van der Waals surface area contributed by atoms with E-state index in [1.807, 2.05) is 23.1 Å². The maximum atomic E-state index is 13.0. The van der Waals surface area contributed by atoms with E-state index >= 15 is 0 Å². The van der Waals surface area contributed by atoms with Crippen molar-refractivity contribution in [1.82, 2.24) is 10.2 Å². The van der Waals surface area contributed by atoms with Gasteiger partial charge in [-0.1, -0.05) is 24.3 Å². The number of nitrogens with one attached hydrogen (secondary N) is 1. The first-order chi connectivity index (χ1) is 12.1. The van der Waals surface area contributed by atoms with E-state index in [0.717, 1.165) is 37.0 Å². The van der Waals surface area contributed by atoms with Crippen LogP contribution in [-0.4, -0.2) is 51.9 Å². The van der Waals surface area contributed by atoms with Crippen LogP contribution in [0.15, 0.2) is 41.3 Å². The monoisotopic (exact) mass is 393 g/mol. The summed E-state index contributed by atoms with van der Waals surface area (Å²) in [4.78, 5) is 14.9. The zero-order valence-electron chi connectivity index (χ0n) is 14.1. The lowest BCUT2D eigenvalue weighted by molar-refractivity contribution is -0.128. The summed E-state index contributed by atoms with van der Waals surface area (Å²) < 4.78 is 27.2. The lowest BCUT2D eigenvalue weighted by Crippen LogP contribution is -2.41. The number of anilines is 1. The van der Waals surface area contributed by atoms with E-state index in [-0.39, 0.29) is 24.9 Å². The summed E-state index contributed by atoms with van der Waals surface area (Å²) in [6, 6.07) is 10.8. The van der Waals surface area contributed by atoms with Crippen molar-refractivity contribution < 1.29 is 13.2 Å². The standard InChI is InChI=1S/C18H19N3O3S.ClH/c22-17(20-9-13-7-19-8-14(13)10-20)11-21-15-5-1-3-12-4-2-6-16(18(12)15)25(21,23)24;/h1-6,13-14,19H,7-11H2;1H/t13-,14+;. The molecule has 1 amide bonds. The molecule has 0 saturated carbocycles. The van der Waals surface area contributed by atoms with Gasteiger partial charge in [0, 0.05) is 31.6 Å². The Morgan fingerprint density at radius 2 is 1.73 bits per heavy atom. The van der Waals surface area contributed by atoms with Gasteiger partial charge >= 0.3 is 0 Å². The average Bonchev–Trinajstić information content (AvgIpc) is 3.24. The van der Waals surface area contributed by atoms with Crippen LogP contribution in [0.3, 0.4) is 0 Å². The largest absolute Gasteiger partial charge is 0.340 e. The van der Waals surface area contributed by atoms with Crippen molar-refractivity contribution in [3.05, 3.63) is 36.4 Å². The van der Waals surface area contributed by atoms with E-state index in [2.05, 4.69) is 5.32 Å². The number of nitrogens with zero attached hydrogens (tertiary/aromatic N) is 2. The van der Waals surface area contributed by atoms with E-state index < -0.39 is 10.0 Å². The van der Waals surface area contributed by atoms with Crippen LogP contribution in [0.5, 0.6) is 0 Å². The summed E-state index contributed by atoms with van der Waals surface area (Å²) in [6.45, 7) is 3.22. The summed E-state index contributed by atoms with van der Waals surface area (Å²) in [7, 11) is -3.67. The summed E-state index contributed by atoms with van der Waals surface area (Å²) in [5.74, 6) is 0.891. The van der Waals surface area contributed by atoms with Crippen molar-refractivity contribution in [1.29, 1.82) is 0 Å². The van der Waals surface area contributed by atoms with Crippen LogP contribution in [0.1, 0.15) is 0 Å². The number of rotatable bonds is 2. The molecule has 0 spiro atoms. The zero-order valence-corrected chi connectivity index (χ0v) is 15.7. The van der Waals surface area contributed by atoms with Crippen molar-refractivity contribution in [3.63, 3.8) is 0 Å². The molecule has 3 aliphatic rings. The van der Waals surface area contributed by atoms with E-state index in [9.17, 15) is 13.2 Å². The smallest absolute Gasteiger partial charge is 0.265 e. The number of fused-ring (bicyclic) bond motifs is 1. The first-order valence-corrected chi connectivity index (χ1v) is 10.0. The van der Waals surface area contributed by atoms with Crippen LogP contribution in [-0.2, 0) is 14.8 Å². The Labute approximate surface area is 158 Å². The quantitative estimate of drug-likeness (QED) is 0.838. The topological polar surface area (TPSA) is 69.7 Å². The third-order valence-corrected chi connectivity index (χ3v) is 7.50. The fraction of sp³-hybridized carbons (Fsp3) is 0.389. The molecule has 0 aliphatic carbocycles. The minimum absolute atomic E-state index is 0. The molecule has 2 aromatic carbocycles. The third kappa shape index (κ3) is 2.41. The highest BCUT2D eigenvalue weighted by Crippen LogP contribution is 2.42. The van der Waals surface area contributed by atoms with Gasteiger partial charge < -0.3 is 10.2 Å². The molecule has 0 radical (unpaired) electrons. The number of hydrogen-bond donors (Lipinski definition) is 1. The SMILES string of the molecule is Cl.O=C(CN1c2cccc3cccc(c23)S1(=O)=O)N1C[C@H]2CNC[C@H]2C1. The molecule has 2 saturated heterocycles. The zero-order chi connectivity index (χ0) is 17.2. The van der Waals surface area contributed by atoms with Crippen molar-refractivity contribution in [2.75, 3.05) is 37.0 Å². The Morgan fingerprint density at radius 1 is 1.08 bits per heavy atom. The Balaban J connectivity index is 0.00000168. The molecule has 3 aliphatic heterocycles. The van der Waals surface area contributed by atoms with Gasteiger partial charge in [-0.3, -0.25) is 9.10 Å². The normalized spacial score (nSPS) is 25.4. The molecule has 0 aromatic heterocycles. The summed E-state index contributed by atoms with van der Waals surface area (Å²) in [5.41, 5.74) is 0.613. The minimum atomic E-state index is -3.67. The lowest BCUT2D eigenvalue weighted by atomic mass is 10.0. The van der Waals surface area contributed by atoms with Crippen LogP contribution >= 0.6 is 12.4 Å². The molecular formula is C18H20ClN3O3S. The Morgan fingerprint density at radius 3 is 2.42 bits per heavy atom. The first kappa shape index (κ1) is 17.6. The number of halogens is 1. The van der Waals surface area contributed by atoms with Gasteiger partial charge in [-0.15, -0.1) is 12.4 Å². The van der Waals surface area contributed by atoms with Crippen LogP contribution in [0.4, 0.5) is 5.69 Å². The maximum Gasteiger partial charge on any atom is 0.265 e. The number of carbonyl (C=O) groups is 1. The van der Waals surface area contributed by atoms with Gasteiger partial charge in [-0.05, 0) is 29.4 Å². The van der Waals surface area contributed by atoms with Gasteiger partial charge in [0.05, 0.1) is 10.6 Å². The maximum absolute atomic E-state index is 13.0. The fourth-order valence-corrected chi connectivity index (χ4v) is 6.07. The fourth-order valence-electron chi connectivity index (χ4n) is 4.41. The predicted molar refractivity (Wildman–Crippen MR) is 102 cm³/mol. The lowest BCUT2D eigenvalue weighted by Gasteiger charge is -2.23. The summed E-state index contributed by atoms with van der Waals surface area (Å²) >= 11 is 0. The Kier molecular flexibility index (Phi) is 4.13. The predicted octanol–water partition coefficient (Wildman–Crippen LogP) is 1.45. The molecule has 3 heterocycles. The number of sulfonamides is 1. The second kappa shape index (κ2) is 6.11. The number of carbonyl (C=O) groups excluding carboxylic acids is 1. The van der Waals surface area contributed by atoms with Crippen molar-refractivity contribution >= 4 is 44.8 Å². The second-order valence-electron chi connectivity index (χ2n) is 7.12. The van der Waals surface area contributed by atoms with Crippen molar-refractivity contribution in [2.24, 2.45) is 11.8 Å². The number of hydrogen-bond acceptors (Lipinski definition) is 4.